The number of benzene rings is 2. The summed E-state index contributed by atoms with van der Waals surface area (Å²) in [5.74, 6) is -1.37. The number of amides is 1. The van der Waals surface area contributed by atoms with Gasteiger partial charge in [0, 0.05) is 28.4 Å². The summed E-state index contributed by atoms with van der Waals surface area (Å²) in [6.07, 6.45) is 0. The van der Waals surface area contributed by atoms with E-state index in [4.69, 9.17) is 11.6 Å². The summed E-state index contributed by atoms with van der Waals surface area (Å²) in [4.78, 5) is 34.0. The van der Waals surface area contributed by atoms with Gasteiger partial charge in [0.05, 0.1) is 17.6 Å². The number of hydrogen-bond donors (Lipinski definition) is 1. The zero-order chi connectivity index (χ0) is 17.0. The smallest absolute Gasteiger partial charge is 0.338 e. The van der Waals surface area contributed by atoms with Crippen molar-refractivity contribution in [2.45, 2.75) is 0 Å². The monoisotopic (exact) mass is 334 g/mol. The van der Waals surface area contributed by atoms with Crippen molar-refractivity contribution in [3.8, 4) is 0 Å². The number of nitrogens with one attached hydrogen (secondary N) is 1. The van der Waals surface area contributed by atoms with Crippen LogP contribution in [0.1, 0.15) is 20.7 Å². The average Bonchev–Trinajstić information content (AvgIpc) is 2.55. The van der Waals surface area contributed by atoms with Crippen LogP contribution in [-0.4, -0.2) is 23.9 Å². The third kappa shape index (κ3) is 4.04. The molecule has 0 radical (unpaired) electrons. The SMILES string of the molecule is COC(=O)c1cc(C(=O)Nc2ccc(Cl)cc2)cc([N+](=O)[O-])c1. The zero-order valence-electron chi connectivity index (χ0n) is 11.9. The Balaban J connectivity index is 2.34. The fourth-order valence-corrected chi connectivity index (χ4v) is 1.95. The van der Waals surface area contributed by atoms with Crippen LogP contribution < -0.4 is 5.32 Å². The van der Waals surface area contributed by atoms with Crippen molar-refractivity contribution in [3.05, 3.63) is 68.7 Å². The molecule has 0 spiro atoms. The number of carbonyl (C=O) groups is 2. The molecule has 0 bridgehead atoms. The molecule has 0 aromatic heterocycles. The molecule has 0 saturated carbocycles. The molecule has 0 aliphatic heterocycles. The molecule has 2 rings (SSSR count). The number of hydrogen-bond acceptors (Lipinski definition) is 5. The second kappa shape index (κ2) is 6.89. The van der Waals surface area contributed by atoms with Crippen molar-refractivity contribution in [1.82, 2.24) is 0 Å². The normalized spacial score (nSPS) is 10.0. The minimum atomic E-state index is -0.769. The molecule has 1 N–H and O–H groups in total. The van der Waals surface area contributed by atoms with Crippen LogP contribution in [0.3, 0.4) is 0 Å². The van der Waals surface area contributed by atoms with Gasteiger partial charge in [-0.1, -0.05) is 11.6 Å². The number of nitro groups is 1. The first-order valence-electron chi connectivity index (χ1n) is 6.35. The maximum atomic E-state index is 12.2. The van der Waals surface area contributed by atoms with Crippen molar-refractivity contribution in [2.24, 2.45) is 0 Å². The number of ether oxygens (including phenoxy) is 1. The lowest BCUT2D eigenvalue weighted by molar-refractivity contribution is -0.384. The number of rotatable bonds is 4. The predicted octanol–water partition coefficient (Wildman–Crippen LogP) is 3.29. The van der Waals surface area contributed by atoms with Crippen LogP contribution in [0, 0.1) is 10.1 Å². The van der Waals surface area contributed by atoms with Gasteiger partial charge in [0.1, 0.15) is 0 Å². The van der Waals surface area contributed by atoms with Gasteiger partial charge in [0.2, 0.25) is 0 Å². The lowest BCUT2D eigenvalue weighted by Gasteiger charge is -2.07. The van der Waals surface area contributed by atoms with Gasteiger partial charge >= 0.3 is 5.97 Å². The number of non-ortho nitro benzene ring substituents is 1. The predicted molar refractivity (Wildman–Crippen MR) is 83.8 cm³/mol. The topological polar surface area (TPSA) is 98.5 Å². The van der Waals surface area contributed by atoms with Crippen LogP contribution in [-0.2, 0) is 4.74 Å². The lowest BCUT2D eigenvalue weighted by Crippen LogP contribution is -2.14. The van der Waals surface area contributed by atoms with Gasteiger partial charge in [0.25, 0.3) is 11.6 Å². The number of esters is 1. The number of nitrogens with zero attached hydrogens (tertiary/aromatic N) is 1. The van der Waals surface area contributed by atoms with E-state index in [0.717, 1.165) is 19.2 Å². The van der Waals surface area contributed by atoms with E-state index in [1.54, 1.807) is 24.3 Å². The largest absolute Gasteiger partial charge is 0.465 e. The Morgan fingerprint density at radius 2 is 1.74 bits per heavy atom. The van der Waals surface area contributed by atoms with Gasteiger partial charge in [-0.05, 0) is 30.3 Å². The molecular formula is C15H11ClN2O5. The molecule has 2 aromatic rings. The Morgan fingerprint density at radius 3 is 2.30 bits per heavy atom. The number of carbonyl (C=O) groups excluding carboxylic acids is 2. The molecule has 2 aromatic carbocycles. The van der Waals surface area contributed by atoms with Crippen molar-refractivity contribution >= 4 is 34.9 Å². The zero-order valence-corrected chi connectivity index (χ0v) is 12.7. The number of methoxy groups -OCH3 is 1. The lowest BCUT2D eigenvalue weighted by atomic mass is 10.1. The number of nitro benzene ring substituents is 1. The molecule has 0 unspecified atom stereocenters. The van der Waals surface area contributed by atoms with Gasteiger partial charge in [-0.2, -0.15) is 0 Å². The molecule has 118 valence electrons. The fraction of sp³-hybridized carbons (Fsp3) is 0.0667. The summed E-state index contributed by atoms with van der Waals surface area (Å²) >= 11 is 5.75. The van der Waals surface area contributed by atoms with Crippen molar-refractivity contribution in [3.63, 3.8) is 0 Å². The molecular weight excluding hydrogens is 324 g/mol. The molecule has 1 amide bonds. The van der Waals surface area contributed by atoms with E-state index >= 15 is 0 Å². The Labute approximate surface area is 136 Å². The first kappa shape index (κ1) is 16.4. The molecule has 7 nitrogen and oxygen atoms in total. The highest BCUT2D eigenvalue weighted by molar-refractivity contribution is 6.30. The first-order chi connectivity index (χ1) is 10.9. The summed E-state index contributed by atoms with van der Waals surface area (Å²) in [6, 6.07) is 9.69. The average molecular weight is 335 g/mol. The minimum Gasteiger partial charge on any atom is -0.465 e. The van der Waals surface area contributed by atoms with Gasteiger partial charge in [-0.15, -0.1) is 0 Å². The molecule has 0 aliphatic rings. The molecule has 0 heterocycles. The van der Waals surface area contributed by atoms with E-state index in [9.17, 15) is 19.7 Å². The third-order valence-electron chi connectivity index (χ3n) is 2.91. The van der Waals surface area contributed by atoms with Crippen molar-refractivity contribution in [2.75, 3.05) is 12.4 Å². The molecule has 8 heteroatoms. The van der Waals surface area contributed by atoms with Crippen LogP contribution in [0.2, 0.25) is 5.02 Å². The van der Waals surface area contributed by atoms with E-state index in [1.165, 1.54) is 6.07 Å². The van der Waals surface area contributed by atoms with Crippen LogP contribution >= 0.6 is 11.6 Å². The summed E-state index contributed by atoms with van der Waals surface area (Å²) in [6.45, 7) is 0. The third-order valence-corrected chi connectivity index (χ3v) is 3.17. The summed E-state index contributed by atoms with van der Waals surface area (Å²) in [7, 11) is 1.15. The van der Waals surface area contributed by atoms with Crippen molar-refractivity contribution < 1.29 is 19.2 Å². The summed E-state index contributed by atoms with van der Waals surface area (Å²) in [5.41, 5.74) is -0.0304. The Hall–Kier alpha value is -2.93. The summed E-state index contributed by atoms with van der Waals surface area (Å²) < 4.78 is 4.53. The number of anilines is 1. The van der Waals surface area contributed by atoms with Gasteiger partial charge in [-0.25, -0.2) is 4.79 Å². The van der Waals surface area contributed by atoms with Crippen LogP contribution in [0.5, 0.6) is 0 Å². The molecule has 23 heavy (non-hydrogen) atoms. The van der Waals surface area contributed by atoms with Crippen LogP contribution in [0.4, 0.5) is 11.4 Å². The van der Waals surface area contributed by atoms with E-state index in [2.05, 4.69) is 10.1 Å². The van der Waals surface area contributed by atoms with Crippen LogP contribution in [0.15, 0.2) is 42.5 Å². The van der Waals surface area contributed by atoms with Crippen molar-refractivity contribution in [1.29, 1.82) is 0 Å². The highest BCUT2D eigenvalue weighted by Crippen LogP contribution is 2.20. The molecule has 0 aliphatic carbocycles. The van der Waals surface area contributed by atoms with E-state index < -0.39 is 16.8 Å². The maximum Gasteiger partial charge on any atom is 0.338 e. The molecule has 0 saturated heterocycles. The Bertz CT molecular complexity index is 774. The van der Waals surface area contributed by atoms with E-state index in [1.807, 2.05) is 0 Å². The quantitative estimate of drug-likeness (QED) is 0.525. The molecule has 0 fully saturated rings. The maximum absolute atomic E-state index is 12.2. The number of halogens is 1. The van der Waals surface area contributed by atoms with Gasteiger partial charge in [-0.3, -0.25) is 14.9 Å². The Morgan fingerprint density at radius 1 is 1.13 bits per heavy atom. The second-order valence-corrected chi connectivity index (χ2v) is 4.91. The van der Waals surface area contributed by atoms with Gasteiger partial charge in [0.15, 0.2) is 0 Å². The van der Waals surface area contributed by atoms with E-state index in [0.29, 0.717) is 10.7 Å². The first-order valence-corrected chi connectivity index (χ1v) is 6.73. The summed E-state index contributed by atoms with van der Waals surface area (Å²) in [5, 5.41) is 14.0. The standard InChI is InChI=1S/C15H11ClN2O5/c1-23-15(20)10-6-9(7-13(8-10)18(21)22)14(19)17-12-4-2-11(16)3-5-12/h2-8H,1H3,(H,17,19). The second-order valence-electron chi connectivity index (χ2n) is 4.48. The Kier molecular flexibility index (Phi) is 4.92. The highest BCUT2D eigenvalue weighted by Gasteiger charge is 2.18. The van der Waals surface area contributed by atoms with Gasteiger partial charge < -0.3 is 10.1 Å². The highest BCUT2D eigenvalue weighted by atomic mass is 35.5. The van der Waals surface area contributed by atoms with Crippen LogP contribution in [0.25, 0.3) is 0 Å². The minimum absolute atomic E-state index is 0.0328. The fourth-order valence-electron chi connectivity index (χ4n) is 1.82. The van der Waals surface area contributed by atoms with E-state index in [-0.39, 0.29) is 16.8 Å². The molecule has 0 atom stereocenters.